The maximum atomic E-state index is 14.9. The Kier molecular flexibility index (Phi) is 10.9. The fraction of sp³-hybridized carbons (Fsp3) is 0.424. The summed E-state index contributed by atoms with van der Waals surface area (Å²) in [5, 5.41) is 12.9. The van der Waals surface area contributed by atoms with Gasteiger partial charge in [0.05, 0.1) is 24.8 Å². The van der Waals surface area contributed by atoms with E-state index in [0.717, 1.165) is 28.7 Å². The van der Waals surface area contributed by atoms with Crippen LogP contribution in [0.5, 0.6) is 0 Å². The number of imidazole rings is 1. The molecule has 3 amide bonds. The van der Waals surface area contributed by atoms with Crippen molar-refractivity contribution in [3.05, 3.63) is 77.8 Å². The average molecular weight is 624 g/mol. The molecule has 240 valence electrons. The molecule has 12 heteroatoms. The van der Waals surface area contributed by atoms with Gasteiger partial charge < -0.3 is 19.9 Å². The number of rotatable bonds is 14. The summed E-state index contributed by atoms with van der Waals surface area (Å²) in [4.78, 5) is 56.5. The molecule has 0 bridgehead atoms. The number of carbonyl (C=O) groups is 4. The minimum Gasteiger partial charge on any atom is -0.387 e. The monoisotopic (exact) mass is 623 g/mol. The van der Waals surface area contributed by atoms with Crippen LogP contribution in [0.2, 0.25) is 0 Å². The molecule has 2 heterocycles. The normalized spacial score (nSPS) is 14.2. The molecule has 1 aliphatic heterocycles. The SMILES string of the molecule is CC(C)(C)[C@H](c1nc(-c2cc(F)ccc2F)cn1Cc1ccccc1)N(CCCNCC(=O)CN1C(=O)CCC1=O)C(=O)CO. The number of hydrogen-bond acceptors (Lipinski definition) is 7. The summed E-state index contributed by atoms with van der Waals surface area (Å²) >= 11 is 0. The Morgan fingerprint density at radius 2 is 1.76 bits per heavy atom. The maximum absolute atomic E-state index is 14.9. The topological polar surface area (TPSA) is 125 Å². The molecule has 45 heavy (non-hydrogen) atoms. The average Bonchev–Trinajstić information content (AvgIpc) is 3.54. The zero-order valence-corrected chi connectivity index (χ0v) is 25.8. The third kappa shape index (κ3) is 8.46. The van der Waals surface area contributed by atoms with E-state index in [1.54, 1.807) is 6.20 Å². The van der Waals surface area contributed by atoms with Crippen molar-refractivity contribution in [2.75, 3.05) is 32.8 Å². The fourth-order valence-electron chi connectivity index (χ4n) is 5.50. The smallest absolute Gasteiger partial charge is 0.248 e. The Morgan fingerprint density at radius 3 is 2.40 bits per heavy atom. The number of ketones is 1. The van der Waals surface area contributed by atoms with Gasteiger partial charge in [-0.3, -0.25) is 24.1 Å². The number of carbonyl (C=O) groups excluding carboxylic acids is 4. The molecule has 1 fully saturated rings. The summed E-state index contributed by atoms with van der Waals surface area (Å²) in [5.41, 5.74) is 0.516. The summed E-state index contributed by atoms with van der Waals surface area (Å²) in [6, 6.07) is 12.0. The van der Waals surface area contributed by atoms with Gasteiger partial charge in [-0.1, -0.05) is 51.1 Å². The van der Waals surface area contributed by atoms with Crippen molar-refractivity contribution in [2.24, 2.45) is 5.41 Å². The van der Waals surface area contributed by atoms with Crippen molar-refractivity contribution in [1.29, 1.82) is 0 Å². The van der Waals surface area contributed by atoms with Crippen LogP contribution in [0.25, 0.3) is 11.3 Å². The van der Waals surface area contributed by atoms with Gasteiger partial charge in [-0.2, -0.15) is 0 Å². The van der Waals surface area contributed by atoms with Crippen molar-refractivity contribution in [3.63, 3.8) is 0 Å². The highest BCUT2D eigenvalue weighted by atomic mass is 19.1. The lowest BCUT2D eigenvalue weighted by molar-refractivity contribution is -0.141. The first kappa shape index (κ1) is 33.6. The number of Topliss-reactive ketones (excluding diaryl/α,β-unsaturated/α-hetero) is 1. The largest absolute Gasteiger partial charge is 0.387 e. The number of hydrogen-bond donors (Lipinski definition) is 2. The van der Waals surface area contributed by atoms with Crippen molar-refractivity contribution >= 4 is 23.5 Å². The van der Waals surface area contributed by atoms with Crippen LogP contribution in [0.3, 0.4) is 0 Å². The van der Waals surface area contributed by atoms with Gasteiger partial charge in [0.2, 0.25) is 17.7 Å². The molecule has 0 radical (unpaired) electrons. The third-order valence-corrected chi connectivity index (χ3v) is 7.60. The number of nitrogens with one attached hydrogen (secondary N) is 1. The highest BCUT2D eigenvalue weighted by molar-refractivity contribution is 6.04. The van der Waals surface area contributed by atoms with Crippen molar-refractivity contribution in [1.82, 2.24) is 24.7 Å². The zero-order chi connectivity index (χ0) is 32.7. The fourth-order valence-corrected chi connectivity index (χ4v) is 5.50. The molecular formula is C33H39F2N5O5. The molecule has 2 aromatic carbocycles. The second-order valence-electron chi connectivity index (χ2n) is 12.2. The summed E-state index contributed by atoms with van der Waals surface area (Å²) in [6.07, 6.45) is 2.28. The summed E-state index contributed by atoms with van der Waals surface area (Å²) in [6.45, 7) is 5.57. The lowest BCUT2D eigenvalue weighted by Gasteiger charge is -2.40. The highest BCUT2D eigenvalue weighted by Crippen LogP contribution is 2.39. The van der Waals surface area contributed by atoms with Crippen LogP contribution in [0.4, 0.5) is 8.78 Å². The van der Waals surface area contributed by atoms with Crippen LogP contribution in [-0.2, 0) is 25.7 Å². The standard InChI is InChI=1S/C33H39F2N5O5/c1-33(2,3)31(39(30(45)21-41)15-7-14-36-17-24(42)19-40-28(43)12-13-29(40)44)32-37-27(25-16-23(34)10-11-26(25)35)20-38(32)18-22-8-5-4-6-9-22/h4-6,8-11,16,20,31,36,41H,7,12-15,17-19,21H2,1-3H3/t31-/m0/s1. The molecule has 10 nitrogen and oxygen atoms in total. The molecule has 1 saturated heterocycles. The Labute approximate surface area is 261 Å². The van der Waals surface area contributed by atoms with Gasteiger partial charge in [-0.05, 0) is 42.1 Å². The van der Waals surface area contributed by atoms with Crippen LogP contribution < -0.4 is 5.32 Å². The number of amides is 3. The first-order chi connectivity index (χ1) is 21.4. The maximum Gasteiger partial charge on any atom is 0.248 e. The van der Waals surface area contributed by atoms with E-state index in [1.165, 1.54) is 4.90 Å². The van der Waals surface area contributed by atoms with Gasteiger partial charge in [0.15, 0.2) is 5.78 Å². The quantitative estimate of drug-likeness (QED) is 0.208. The lowest BCUT2D eigenvalue weighted by Crippen LogP contribution is -2.45. The van der Waals surface area contributed by atoms with Gasteiger partial charge >= 0.3 is 0 Å². The lowest BCUT2D eigenvalue weighted by atomic mass is 9.84. The molecule has 0 spiro atoms. The minimum absolute atomic E-state index is 0.0121. The second kappa shape index (κ2) is 14.7. The summed E-state index contributed by atoms with van der Waals surface area (Å²) in [7, 11) is 0. The molecule has 4 rings (SSSR count). The first-order valence-corrected chi connectivity index (χ1v) is 14.9. The van der Waals surface area contributed by atoms with Gasteiger partial charge in [0.1, 0.15) is 24.1 Å². The van der Waals surface area contributed by atoms with E-state index >= 15 is 0 Å². The Hall–Kier alpha value is -4.29. The minimum atomic E-state index is -0.749. The molecule has 3 aromatic rings. The molecule has 0 aliphatic carbocycles. The van der Waals surface area contributed by atoms with E-state index < -0.39 is 35.6 Å². The predicted octanol–water partition coefficient (Wildman–Crippen LogP) is 3.48. The molecule has 0 unspecified atom stereocenters. The Balaban J connectivity index is 1.57. The number of halogens is 2. The van der Waals surface area contributed by atoms with E-state index in [-0.39, 0.29) is 61.3 Å². The molecule has 1 atom stereocenters. The Bertz CT molecular complexity index is 1520. The van der Waals surface area contributed by atoms with E-state index in [4.69, 9.17) is 4.98 Å². The van der Waals surface area contributed by atoms with Gasteiger partial charge in [0.25, 0.3) is 0 Å². The van der Waals surface area contributed by atoms with Crippen molar-refractivity contribution in [2.45, 2.75) is 52.6 Å². The molecule has 1 aliphatic rings. The van der Waals surface area contributed by atoms with Crippen LogP contribution >= 0.6 is 0 Å². The van der Waals surface area contributed by atoms with Gasteiger partial charge in [0, 0.05) is 37.7 Å². The first-order valence-electron chi connectivity index (χ1n) is 14.9. The van der Waals surface area contributed by atoms with E-state index in [2.05, 4.69) is 5.32 Å². The second-order valence-corrected chi connectivity index (χ2v) is 12.2. The number of likely N-dealkylation sites (tertiary alicyclic amines) is 1. The molecular weight excluding hydrogens is 584 g/mol. The molecule has 2 N–H and O–H groups in total. The molecule has 1 aromatic heterocycles. The number of imide groups is 1. The van der Waals surface area contributed by atoms with E-state index in [9.17, 15) is 33.1 Å². The van der Waals surface area contributed by atoms with E-state index in [1.807, 2.05) is 55.7 Å². The van der Waals surface area contributed by atoms with Crippen LogP contribution in [0.1, 0.15) is 57.5 Å². The number of nitrogens with zero attached hydrogens (tertiary/aromatic N) is 4. The van der Waals surface area contributed by atoms with Crippen LogP contribution in [0, 0.1) is 17.0 Å². The van der Waals surface area contributed by atoms with Crippen molar-refractivity contribution in [3.8, 4) is 11.3 Å². The zero-order valence-electron chi connectivity index (χ0n) is 25.8. The number of aliphatic hydroxyl groups excluding tert-OH is 1. The van der Waals surface area contributed by atoms with Gasteiger partial charge in [-0.25, -0.2) is 13.8 Å². The summed E-state index contributed by atoms with van der Waals surface area (Å²) in [5.74, 6) is -2.36. The molecule has 0 saturated carbocycles. The number of aromatic nitrogens is 2. The van der Waals surface area contributed by atoms with Crippen molar-refractivity contribution < 1.29 is 33.1 Å². The number of benzene rings is 2. The third-order valence-electron chi connectivity index (χ3n) is 7.60. The van der Waals surface area contributed by atoms with Crippen LogP contribution in [0.15, 0.2) is 54.7 Å². The van der Waals surface area contributed by atoms with Crippen LogP contribution in [-0.4, -0.2) is 80.7 Å². The van der Waals surface area contributed by atoms with E-state index in [0.29, 0.717) is 25.3 Å². The summed E-state index contributed by atoms with van der Waals surface area (Å²) < 4.78 is 30.8. The van der Waals surface area contributed by atoms with Gasteiger partial charge in [-0.15, -0.1) is 0 Å². The Morgan fingerprint density at radius 1 is 1.07 bits per heavy atom. The number of aliphatic hydroxyl groups is 1. The highest BCUT2D eigenvalue weighted by Gasteiger charge is 2.38. The predicted molar refractivity (Wildman–Crippen MR) is 163 cm³/mol.